The van der Waals surface area contributed by atoms with Crippen LogP contribution in [0.5, 0.6) is 0 Å². The first-order valence-electron chi connectivity index (χ1n) is 11.7. The fraction of sp³-hybridized carbons (Fsp3) is 0.480. The molecule has 1 aromatic carbocycles. The van der Waals surface area contributed by atoms with E-state index in [0.717, 1.165) is 83.5 Å². The average molecular weight is 566 g/mol. The van der Waals surface area contributed by atoms with E-state index in [2.05, 4.69) is 51.8 Å². The maximum absolute atomic E-state index is 5.44. The second-order valence-electron chi connectivity index (χ2n) is 8.28. The zero-order valence-electron chi connectivity index (χ0n) is 19.4. The Balaban J connectivity index is 0.00000306. The molecule has 0 aliphatic carbocycles. The minimum Gasteiger partial charge on any atom is -0.469 e. The fourth-order valence-electron chi connectivity index (χ4n) is 4.21. The average Bonchev–Trinajstić information content (AvgIpc) is 3.48. The first-order valence-corrected chi connectivity index (χ1v) is 11.7. The lowest BCUT2D eigenvalue weighted by atomic mass is 10.1. The molecule has 2 aromatic heterocycles. The Morgan fingerprint density at radius 1 is 1.09 bits per heavy atom. The zero-order chi connectivity index (χ0) is 22.0. The number of aryl methyl sites for hydroxylation is 1. The molecule has 0 amide bonds. The van der Waals surface area contributed by atoms with Crippen LogP contribution >= 0.6 is 24.0 Å². The van der Waals surface area contributed by atoms with E-state index in [-0.39, 0.29) is 24.0 Å². The fourth-order valence-corrected chi connectivity index (χ4v) is 4.21. The van der Waals surface area contributed by atoms with Crippen LogP contribution in [0.1, 0.15) is 23.3 Å². The highest BCUT2D eigenvalue weighted by atomic mass is 127. The second kappa shape index (κ2) is 13.6. The summed E-state index contributed by atoms with van der Waals surface area (Å²) < 4.78 is 10.9. The Labute approximate surface area is 213 Å². The number of halogens is 1. The van der Waals surface area contributed by atoms with Crippen LogP contribution < -0.4 is 10.6 Å². The van der Waals surface area contributed by atoms with Crippen LogP contribution in [-0.4, -0.2) is 68.3 Å². The van der Waals surface area contributed by atoms with E-state index in [0.29, 0.717) is 0 Å². The van der Waals surface area contributed by atoms with Crippen LogP contribution in [0, 0.1) is 6.92 Å². The van der Waals surface area contributed by atoms with E-state index in [1.54, 1.807) is 6.26 Å². The van der Waals surface area contributed by atoms with E-state index in [1.165, 1.54) is 22.0 Å². The highest BCUT2D eigenvalue weighted by Gasteiger charge is 2.10. The number of H-pyrrole nitrogens is 1. The number of hydrogen-bond acceptors (Lipinski definition) is 4. The van der Waals surface area contributed by atoms with E-state index in [4.69, 9.17) is 14.1 Å². The molecule has 8 heteroatoms. The predicted octanol–water partition coefficient (Wildman–Crippen LogP) is 3.73. The summed E-state index contributed by atoms with van der Waals surface area (Å²) in [6, 6.07) is 10.3. The molecule has 180 valence electrons. The molecule has 1 aliphatic heterocycles. The molecule has 0 atom stereocenters. The van der Waals surface area contributed by atoms with Gasteiger partial charge in [-0.15, -0.1) is 24.0 Å². The van der Waals surface area contributed by atoms with E-state index >= 15 is 0 Å². The molecule has 4 rings (SSSR count). The molecule has 0 unspecified atom stereocenters. The monoisotopic (exact) mass is 565 g/mol. The zero-order valence-corrected chi connectivity index (χ0v) is 21.8. The van der Waals surface area contributed by atoms with Crippen molar-refractivity contribution in [3.63, 3.8) is 0 Å². The number of aromatic nitrogens is 1. The van der Waals surface area contributed by atoms with Gasteiger partial charge in [-0.2, -0.15) is 0 Å². The quantitative estimate of drug-likeness (QED) is 0.151. The molecule has 1 saturated heterocycles. The van der Waals surface area contributed by atoms with Crippen molar-refractivity contribution in [2.24, 2.45) is 4.99 Å². The first-order chi connectivity index (χ1) is 15.8. The Hall–Kier alpha value is -2.04. The van der Waals surface area contributed by atoms with Crippen LogP contribution in [0.3, 0.4) is 0 Å². The molecule has 7 nitrogen and oxygen atoms in total. The smallest absolute Gasteiger partial charge is 0.191 e. The molecule has 1 aliphatic rings. The van der Waals surface area contributed by atoms with Gasteiger partial charge in [-0.3, -0.25) is 9.89 Å². The summed E-state index contributed by atoms with van der Waals surface area (Å²) in [6.45, 7) is 9.41. The van der Waals surface area contributed by atoms with Crippen LogP contribution in [-0.2, 0) is 17.6 Å². The lowest BCUT2D eigenvalue weighted by Gasteiger charge is -2.26. The summed E-state index contributed by atoms with van der Waals surface area (Å²) in [5, 5.41) is 8.32. The van der Waals surface area contributed by atoms with Crippen molar-refractivity contribution in [1.29, 1.82) is 0 Å². The molecule has 0 radical (unpaired) electrons. The summed E-state index contributed by atoms with van der Waals surface area (Å²) >= 11 is 0. The van der Waals surface area contributed by atoms with Gasteiger partial charge in [0.25, 0.3) is 0 Å². The first kappa shape index (κ1) is 25.6. The number of nitrogens with zero attached hydrogens (tertiary/aromatic N) is 2. The van der Waals surface area contributed by atoms with E-state index < -0.39 is 0 Å². The standard InChI is InChI=1S/C25H35N5O2.HI/c1-20-5-2-7-23-24(20)21(19-29-23)8-11-27-25(28-12-9-22-6-3-16-32-22)26-10-4-13-30-14-17-31-18-15-30;/h2-3,5-7,16,19,29H,4,8-15,17-18H2,1H3,(H2,26,27,28);1H. The van der Waals surface area contributed by atoms with Crippen LogP contribution in [0.25, 0.3) is 10.9 Å². The predicted molar refractivity (Wildman–Crippen MR) is 145 cm³/mol. The van der Waals surface area contributed by atoms with Gasteiger partial charge in [-0.1, -0.05) is 12.1 Å². The minimum absolute atomic E-state index is 0. The molecule has 3 aromatic rings. The molecule has 33 heavy (non-hydrogen) atoms. The number of morpholine rings is 1. The molecule has 0 bridgehead atoms. The third kappa shape index (κ3) is 7.75. The number of nitrogens with one attached hydrogen (secondary N) is 3. The van der Waals surface area contributed by atoms with Gasteiger partial charge in [-0.05, 0) is 49.1 Å². The van der Waals surface area contributed by atoms with Crippen LogP contribution in [0.15, 0.2) is 52.2 Å². The van der Waals surface area contributed by atoms with Crippen molar-refractivity contribution >= 4 is 40.8 Å². The number of rotatable bonds is 10. The van der Waals surface area contributed by atoms with Crippen LogP contribution in [0.2, 0.25) is 0 Å². The number of ether oxygens (including phenoxy) is 1. The van der Waals surface area contributed by atoms with Gasteiger partial charge in [-0.25, -0.2) is 0 Å². The third-order valence-electron chi connectivity index (χ3n) is 5.93. The summed E-state index contributed by atoms with van der Waals surface area (Å²) in [7, 11) is 0. The van der Waals surface area contributed by atoms with Crippen molar-refractivity contribution < 1.29 is 9.15 Å². The number of furan rings is 1. The van der Waals surface area contributed by atoms with Gasteiger partial charge in [0, 0.05) is 62.8 Å². The normalized spacial score (nSPS) is 14.9. The maximum Gasteiger partial charge on any atom is 0.191 e. The Kier molecular flexibility index (Phi) is 10.6. The molecular weight excluding hydrogens is 529 g/mol. The Morgan fingerprint density at radius 3 is 2.70 bits per heavy atom. The highest BCUT2D eigenvalue weighted by Crippen LogP contribution is 2.22. The lowest BCUT2D eigenvalue weighted by molar-refractivity contribution is 0.0377. The number of guanidine groups is 1. The van der Waals surface area contributed by atoms with E-state index in [1.807, 2.05) is 12.1 Å². The summed E-state index contributed by atoms with van der Waals surface area (Å²) in [5.41, 5.74) is 3.86. The third-order valence-corrected chi connectivity index (χ3v) is 5.93. The van der Waals surface area contributed by atoms with Gasteiger partial charge >= 0.3 is 0 Å². The largest absolute Gasteiger partial charge is 0.469 e. The van der Waals surface area contributed by atoms with E-state index in [9.17, 15) is 0 Å². The van der Waals surface area contributed by atoms with Gasteiger partial charge in [0.2, 0.25) is 0 Å². The summed E-state index contributed by atoms with van der Waals surface area (Å²) in [6.07, 6.45) is 6.67. The SMILES string of the molecule is Cc1cccc2[nH]cc(CCNC(=NCCCN3CCOCC3)NCCc3ccco3)c12.I. The van der Waals surface area contributed by atoms with Crippen molar-refractivity contribution in [3.05, 3.63) is 59.7 Å². The number of benzene rings is 1. The van der Waals surface area contributed by atoms with Gasteiger partial charge in [0.05, 0.1) is 19.5 Å². The molecule has 0 spiro atoms. The lowest BCUT2D eigenvalue weighted by Crippen LogP contribution is -2.40. The van der Waals surface area contributed by atoms with Gasteiger partial charge < -0.3 is 24.8 Å². The molecule has 1 fully saturated rings. The molecule has 3 N–H and O–H groups in total. The van der Waals surface area contributed by atoms with Crippen molar-refractivity contribution in [2.75, 3.05) is 52.5 Å². The molecular formula is C25H36IN5O2. The van der Waals surface area contributed by atoms with Gasteiger partial charge in [0.15, 0.2) is 5.96 Å². The molecule has 0 saturated carbocycles. The number of hydrogen-bond donors (Lipinski definition) is 3. The summed E-state index contributed by atoms with van der Waals surface area (Å²) in [4.78, 5) is 10.7. The number of aromatic amines is 1. The number of aliphatic imine (C=N–C) groups is 1. The Bertz CT molecular complexity index is 980. The topological polar surface area (TPSA) is 77.8 Å². The van der Waals surface area contributed by atoms with Crippen molar-refractivity contribution in [1.82, 2.24) is 20.5 Å². The van der Waals surface area contributed by atoms with Crippen LogP contribution in [0.4, 0.5) is 0 Å². The minimum atomic E-state index is 0. The molecule has 3 heterocycles. The maximum atomic E-state index is 5.44. The highest BCUT2D eigenvalue weighted by molar-refractivity contribution is 14.0. The van der Waals surface area contributed by atoms with Gasteiger partial charge in [0.1, 0.15) is 5.76 Å². The van der Waals surface area contributed by atoms with Crippen molar-refractivity contribution in [2.45, 2.75) is 26.2 Å². The second-order valence-corrected chi connectivity index (χ2v) is 8.28. The Morgan fingerprint density at radius 2 is 1.91 bits per heavy atom. The summed E-state index contributed by atoms with van der Waals surface area (Å²) in [5.74, 6) is 1.86. The number of fused-ring (bicyclic) bond motifs is 1. The van der Waals surface area contributed by atoms with Crippen molar-refractivity contribution in [3.8, 4) is 0 Å².